The van der Waals surface area contributed by atoms with E-state index in [-0.39, 0.29) is 17.5 Å². The normalized spacial score (nSPS) is 10.2. The van der Waals surface area contributed by atoms with Crippen LogP contribution in [0.1, 0.15) is 13.3 Å². The molecule has 0 atom stereocenters. The highest BCUT2D eigenvalue weighted by molar-refractivity contribution is 6.31. The van der Waals surface area contributed by atoms with E-state index in [9.17, 15) is 9.18 Å². The van der Waals surface area contributed by atoms with Gasteiger partial charge in [-0.1, -0.05) is 18.5 Å². The van der Waals surface area contributed by atoms with Crippen molar-refractivity contribution in [1.29, 1.82) is 0 Å². The summed E-state index contributed by atoms with van der Waals surface area (Å²) in [6.45, 7) is 2.71. The Morgan fingerprint density at radius 3 is 2.83 bits per heavy atom. The number of rotatable bonds is 5. The van der Waals surface area contributed by atoms with Gasteiger partial charge in [0.1, 0.15) is 5.82 Å². The third-order valence-corrected chi connectivity index (χ3v) is 2.72. The number of likely N-dealkylation sites (N-methyl/N-ethyl adjacent to an activating group) is 1. The van der Waals surface area contributed by atoms with Crippen LogP contribution in [-0.4, -0.2) is 26.0 Å². The molecule has 1 aromatic carbocycles. The van der Waals surface area contributed by atoms with E-state index >= 15 is 0 Å². The van der Waals surface area contributed by atoms with Gasteiger partial charge in [-0.25, -0.2) is 4.39 Å². The van der Waals surface area contributed by atoms with Crippen LogP contribution in [0.4, 0.5) is 15.8 Å². The van der Waals surface area contributed by atoms with Crippen LogP contribution in [0.3, 0.4) is 0 Å². The van der Waals surface area contributed by atoms with Gasteiger partial charge < -0.3 is 16.0 Å². The Morgan fingerprint density at radius 1 is 1.56 bits per heavy atom. The minimum Gasteiger partial charge on any atom is -0.397 e. The van der Waals surface area contributed by atoms with Crippen molar-refractivity contribution in [2.24, 2.45) is 0 Å². The topological polar surface area (TPSA) is 58.4 Å². The molecule has 100 valence electrons. The van der Waals surface area contributed by atoms with Gasteiger partial charge in [0.15, 0.2) is 0 Å². The number of hydrogen-bond donors (Lipinski definition) is 2. The predicted octanol–water partition coefficient (Wildman–Crippen LogP) is 2.02. The fourth-order valence-electron chi connectivity index (χ4n) is 1.50. The minimum absolute atomic E-state index is 0.0277. The Kier molecular flexibility index (Phi) is 5.22. The van der Waals surface area contributed by atoms with Gasteiger partial charge in [0.05, 0.1) is 22.9 Å². The Labute approximate surface area is 111 Å². The smallest absolute Gasteiger partial charge is 0.239 e. The number of halogens is 2. The second-order valence-corrected chi connectivity index (χ2v) is 4.44. The van der Waals surface area contributed by atoms with Gasteiger partial charge in [-0.2, -0.15) is 0 Å². The highest BCUT2D eigenvalue weighted by atomic mass is 35.5. The first-order valence-electron chi connectivity index (χ1n) is 5.68. The lowest BCUT2D eigenvalue weighted by Gasteiger charge is -2.20. The van der Waals surface area contributed by atoms with Gasteiger partial charge in [-0.05, 0) is 12.5 Å². The molecule has 0 bridgehead atoms. The minimum atomic E-state index is -0.554. The van der Waals surface area contributed by atoms with Gasteiger partial charge in [0.2, 0.25) is 5.91 Å². The quantitative estimate of drug-likeness (QED) is 0.807. The number of nitrogens with two attached hydrogens (primary N) is 1. The lowest BCUT2D eigenvalue weighted by Crippen LogP contribution is -2.35. The van der Waals surface area contributed by atoms with E-state index in [0.29, 0.717) is 17.9 Å². The Morgan fingerprint density at radius 2 is 2.22 bits per heavy atom. The summed E-state index contributed by atoms with van der Waals surface area (Å²) in [5.41, 5.74) is 6.53. The highest BCUT2D eigenvalue weighted by Crippen LogP contribution is 2.28. The number of hydrogen-bond acceptors (Lipinski definition) is 3. The Hall–Kier alpha value is -1.49. The zero-order valence-corrected chi connectivity index (χ0v) is 11.2. The van der Waals surface area contributed by atoms with Gasteiger partial charge in [-0.3, -0.25) is 4.79 Å². The first kappa shape index (κ1) is 14.6. The molecule has 0 spiro atoms. The molecular weight excluding hydrogens is 257 g/mol. The maximum Gasteiger partial charge on any atom is 0.239 e. The molecule has 1 aromatic rings. The van der Waals surface area contributed by atoms with E-state index in [4.69, 9.17) is 17.3 Å². The molecular formula is C12H17ClFN3O. The number of nitrogen functional groups attached to an aromatic ring is 1. The monoisotopic (exact) mass is 273 g/mol. The number of amides is 1. The van der Waals surface area contributed by atoms with Gasteiger partial charge in [0.25, 0.3) is 0 Å². The standard InChI is InChI=1S/C12H17ClFN3O/c1-3-4-16-12(18)7-17(2)11-6-9(14)8(13)5-10(11)15/h5-6H,3-4,7,15H2,1-2H3,(H,16,18). The first-order valence-corrected chi connectivity index (χ1v) is 6.05. The van der Waals surface area contributed by atoms with Crippen molar-refractivity contribution in [2.45, 2.75) is 13.3 Å². The average molecular weight is 274 g/mol. The molecule has 4 nitrogen and oxygen atoms in total. The number of carbonyl (C=O) groups is 1. The summed E-state index contributed by atoms with van der Waals surface area (Å²) in [7, 11) is 1.67. The number of anilines is 2. The van der Waals surface area contributed by atoms with Crippen LogP contribution in [0, 0.1) is 5.82 Å². The second-order valence-electron chi connectivity index (χ2n) is 4.03. The van der Waals surface area contributed by atoms with Crippen LogP contribution in [-0.2, 0) is 4.79 Å². The van der Waals surface area contributed by atoms with Crippen LogP contribution in [0.25, 0.3) is 0 Å². The third kappa shape index (κ3) is 3.77. The summed E-state index contributed by atoms with van der Waals surface area (Å²) in [6.07, 6.45) is 0.868. The number of carbonyl (C=O) groups excluding carboxylic acids is 1. The van der Waals surface area contributed by atoms with Crippen molar-refractivity contribution < 1.29 is 9.18 Å². The molecule has 0 heterocycles. The lowest BCUT2D eigenvalue weighted by atomic mass is 10.2. The highest BCUT2D eigenvalue weighted by Gasteiger charge is 2.12. The second kappa shape index (κ2) is 6.44. The zero-order valence-electron chi connectivity index (χ0n) is 10.5. The van der Waals surface area contributed by atoms with E-state index in [1.54, 1.807) is 11.9 Å². The van der Waals surface area contributed by atoms with Gasteiger partial charge in [0, 0.05) is 19.7 Å². The fraction of sp³-hybridized carbons (Fsp3) is 0.417. The van der Waals surface area contributed by atoms with E-state index in [1.807, 2.05) is 6.92 Å². The maximum atomic E-state index is 13.3. The fourth-order valence-corrected chi connectivity index (χ4v) is 1.68. The van der Waals surface area contributed by atoms with Crippen LogP contribution < -0.4 is 16.0 Å². The van der Waals surface area contributed by atoms with Crippen molar-refractivity contribution in [3.8, 4) is 0 Å². The summed E-state index contributed by atoms with van der Waals surface area (Å²) in [6, 6.07) is 2.57. The molecule has 0 fully saturated rings. The number of benzene rings is 1. The molecule has 0 aliphatic carbocycles. The Balaban J connectivity index is 2.75. The van der Waals surface area contributed by atoms with Crippen molar-refractivity contribution in [1.82, 2.24) is 5.32 Å². The van der Waals surface area contributed by atoms with Crippen LogP contribution in [0.2, 0.25) is 5.02 Å². The van der Waals surface area contributed by atoms with Crippen molar-refractivity contribution >= 4 is 28.9 Å². The molecule has 0 saturated heterocycles. The summed E-state index contributed by atoms with van der Waals surface area (Å²) >= 11 is 5.61. The Bertz CT molecular complexity index is 440. The number of nitrogens with one attached hydrogen (secondary N) is 1. The third-order valence-electron chi connectivity index (χ3n) is 2.43. The van der Waals surface area contributed by atoms with Crippen molar-refractivity contribution in [2.75, 3.05) is 30.8 Å². The molecule has 1 rings (SSSR count). The summed E-state index contributed by atoms with van der Waals surface area (Å²) in [5, 5.41) is 2.71. The van der Waals surface area contributed by atoms with Gasteiger partial charge >= 0.3 is 0 Å². The molecule has 0 radical (unpaired) electrons. The summed E-state index contributed by atoms with van der Waals surface area (Å²) in [4.78, 5) is 13.1. The molecule has 0 saturated carbocycles. The SMILES string of the molecule is CCCNC(=O)CN(C)c1cc(F)c(Cl)cc1N. The molecule has 3 N–H and O–H groups in total. The molecule has 6 heteroatoms. The average Bonchev–Trinajstić information content (AvgIpc) is 2.31. The van der Waals surface area contributed by atoms with E-state index in [0.717, 1.165) is 6.42 Å². The predicted molar refractivity (Wildman–Crippen MR) is 72.4 cm³/mol. The van der Waals surface area contributed by atoms with Crippen molar-refractivity contribution in [3.05, 3.63) is 23.0 Å². The van der Waals surface area contributed by atoms with Crippen LogP contribution in [0.5, 0.6) is 0 Å². The zero-order chi connectivity index (χ0) is 13.7. The van der Waals surface area contributed by atoms with Gasteiger partial charge in [-0.15, -0.1) is 0 Å². The molecule has 0 aliphatic heterocycles. The molecule has 0 aromatic heterocycles. The maximum absolute atomic E-state index is 13.3. The largest absolute Gasteiger partial charge is 0.397 e. The molecule has 0 aliphatic rings. The van der Waals surface area contributed by atoms with E-state index in [2.05, 4.69) is 5.32 Å². The van der Waals surface area contributed by atoms with Crippen LogP contribution in [0.15, 0.2) is 12.1 Å². The lowest BCUT2D eigenvalue weighted by molar-refractivity contribution is -0.119. The summed E-state index contributed by atoms with van der Waals surface area (Å²) < 4.78 is 13.3. The first-order chi connectivity index (χ1) is 8.45. The molecule has 1 amide bonds. The van der Waals surface area contributed by atoms with E-state index < -0.39 is 5.82 Å². The van der Waals surface area contributed by atoms with Crippen LogP contribution >= 0.6 is 11.6 Å². The number of nitrogens with zero attached hydrogens (tertiary/aromatic N) is 1. The molecule has 0 unspecified atom stereocenters. The van der Waals surface area contributed by atoms with Crippen molar-refractivity contribution in [3.63, 3.8) is 0 Å². The summed E-state index contributed by atoms with van der Waals surface area (Å²) in [5.74, 6) is -0.684. The molecule has 18 heavy (non-hydrogen) atoms. The van der Waals surface area contributed by atoms with E-state index in [1.165, 1.54) is 12.1 Å².